The van der Waals surface area contributed by atoms with Gasteiger partial charge in [-0.1, -0.05) is 26.0 Å². The summed E-state index contributed by atoms with van der Waals surface area (Å²) in [5, 5.41) is 11.4. The summed E-state index contributed by atoms with van der Waals surface area (Å²) in [4.78, 5) is 22.8. The van der Waals surface area contributed by atoms with Crippen LogP contribution in [0.3, 0.4) is 0 Å². The van der Waals surface area contributed by atoms with Gasteiger partial charge < -0.3 is 10.4 Å². The van der Waals surface area contributed by atoms with Gasteiger partial charge in [0.2, 0.25) is 15.9 Å². The van der Waals surface area contributed by atoms with Crippen LogP contribution in [-0.2, 0) is 19.6 Å². The Morgan fingerprint density at radius 1 is 1.14 bits per heavy atom. The Kier molecular flexibility index (Phi) is 5.45. The van der Waals surface area contributed by atoms with Gasteiger partial charge in [0.25, 0.3) is 0 Å². The van der Waals surface area contributed by atoms with Crippen molar-refractivity contribution in [1.82, 2.24) is 4.72 Å². The maximum atomic E-state index is 12.0. The lowest BCUT2D eigenvalue weighted by Crippen LogP contribution is -2.30. The number of aliphatic carboxylic acids is 1. The van der Waals surface area contributed by atoms with E-state index in [9.17, 15) is 18.0 Å². The van der Waals surface area contributed by atoms with Crippen molar-refractivity contribution >= 4 is 27.6 Å². The van der Waals surface area contributed by atoms with Gasteiger partial charge in [-0.25, -0.2) is 13.1 Å². The molecule has 0 bridgehead atoms. The maximum Gasteiger partial charge on any atom is 0.307 e. The van der Waals surface area contributed by atoms with Gasteiger partial charge in [-0.3, -0.25) is 9.59 Å². The van der Waals surface area contributed by atoms with Crippen LogP contribution in [0.5, 0.6) is 0 Å². The molecule has 8 heteroatoms. The first kappa shape index (κ1) is 17.1. The third-order valence-electron chi connectivity index (χ3n) is 3.26. The summed E-state index contributed by atoms with van der Waals surface area (Å²) < 4.78 is 25.9. The zero-order chi connectivity index (χ0) is 16.2. The van der Waals surface area contributed by atoms with Crippen molar-refractivity contribution < 1.29 is 23.1 Å². The second-order valence-corrected chi connectivity index (χ2v) is 6.46. The van der Waals surface area contributed by atoms with E-state index in [0.29, 0.717) is 0 Å². The predicted molar refractivity (Wildman–Crippen MR) is 77.3 cm³/mol. The molecular formula is C13H18N2O5S. The highest BCUT2D eigenvalue weighted by Crippen LogP contribution is 2.22. The van der Waals surface area contributed by atoms with Crippen LogP contribution in [-0.4, -0.2) is 32.4 Å². The average Bonchev–Trinajstić information content (AvgIpc) is 2.45. The number of carbonyl (C=O) groups is 2. The number of nitrogens with one attached hydrogen (secondary N) is 2. The molecule has 0 saturated carbocycles. The molecule has 7 nitrogen and oxygen atoms in total. The molecule has 0 aliphatic carbocycles. The zero-order valence-electron chi connectivity index (χ0n) is 12.0. The van der Waals surface area contributed by atoms with Crippen molar-refractivity contribution in [3.63, 3.8) is 0 Å². The molecule has 2 unspecified atom stereocenters. The highest BCUT2D eigenvalue weighted by Gasteiger charge is 2.27. The maximum absolute atomic E-state index is 12.0. The monoisotopic (exact) mass is 314 g/mol. The molecule has 1 rings (SSSR count). The minimum atomic E-state index is -3.72. The van der Waals surface area contributed by atoms with E-state index in [2.05, 4.69) is 10.0 Å². The van der Waals surface area contributed by atoms with E-state index in [1.165, 1.54) is 39.1 Å². The van der Waals surface area contributed by atoms with Crippen LogP contribution < -0.4 is 10.0 Å². The normalized spacial score (nSPS) is 14.2. The lowest BCUT2D eigenvalue weighted by molar-refractivity contribution is -0.145. The molecule has 1 amide bonds. The molecular weight excluding hydrogens is 296 g/mol. The molecule has 3 N–H and O–H groups in total. The van der Waals surface area contributed by atoms with Gasteiger partial charge >= 0.3 is 5.97 Å². The van der Waals surface area contributed by atoms with Crippen LogP contribution >= 0.6 is 0 Å². The van der Waals surface area contributed by atoms with E-state index in [0.717, 1.165) is 0 Å². The first-order valence-electron chi connectivity index (χ1n) is 6.27. The van der Waals surface area contributed by atoms with Crippen LogP contribution in [0.4, 0.5) is 5.69 Å². The molecule has 0 aliphatic heterocycles. The lowest BCUT2D eigenvalue weighted by atomic mass is 9.95. The smallest absolute Gasteiger partial charge is 0.307 e. The first-order chi connectivity index (χ1) is 9.70. The minimum Gasteiger partial charge on any atom is -0.481 e. The number of rotatable bonds is 6. The van der Waals surface area contributed by atoms with Crippen LogP contribution in [0.1, 0.15) is 13.8 Å². The first-order valence-corrected chi connectivity index (χ1v) is 7.75. The standard InChI is InChI=1S/C13H18N2O5S/c1-8(9(2)13(17)18)12(16)15-10-6-4-5-7-11(10)21(19,20)14-3/h4-9,14H,1-3H3,(H,15,16)(H,17,18). The second kappa shape index (κ2) is 6.68. The van der Waals surface area contributed by atoms with Gasteiger partial charge in [0.1, 0.15) is 4.90 Å². The highest BCUT2D eigenvalue weighted by atomic mass is 32.2. The number of carboxylic acid groups (broad SMARTS) is 1. The van der Waals surface area contributed by atoms with E-state index in [1.807, 2.05) is 0 Å². The van der Waals surface area contributed by atoms with E-state index < -0.39 is 33.7 Å². The van der Waals surface area contributed by atoms with Gasteiger partial charge in [-0.2, -0.15) is 0 Å². The number of carbonyl (C=O) groups excluding carboxylic acids is 1. The number of para-hydroxylation sites is 1. The van der Waals surface area contributed by atoms with Crippen molar-refractivity contribution in [3.8, 4) is 0 Å². The summed E-state index contributed by atoms with van der Waals surface area (Å²) in [5.41, 5.74) is 0.112. The minimum absolute atomic E-state index is 0.0731. The van der Waals surface area contributed by atoms with Crippen molar-refractivity contribution in [3.05, 3.63) is 24.3 Å². The Morgan fingerprint density at radius 2 is 1.71 bits per heavy atom. The second-order valence-electron chi connectivity index (χ2n) is 4.61. The number of hydrogen-bond donors (Lipinski definition) is 3. The highest BCUT2D eigenvalue weighted by molar-refractivity contribution is 7.89. The van der Waals surface area contributed by atoms with Gasteiger partial charge in [0.05, 0.1) is 11.6 Å². The fourth-order valence-corrected chi connectivity index (χ4v) is 2.49. The fourth-order valence-electron chi connectivity index (χ4n) is 1.60. The Balaban J connectivity index is 3.05. The molecule has 0 saturated heterocycles. The zero-order valence-corrected chi connectivity index (χ0v) is 12.8. The molecule has 0 aromatic heterocycles. The fraction of sp³-hybridized carbons (Fsp3) is 0.385. The third-order valence-corrected chi connectivity index (χ3v) is 4.73. The van der Waals surface area contributed by atoms with Crippen molar-refractivity contribution in [2.24, 2.45) is 11.8 Å². The van der Waals surface area contributed by atoms with E-state index in [-0.39, 0.29) is 10.6 Å². The molecule has 2 atom stereocenters. The Morgan fingerprint density at radius 3 is 2.24 bits per heavy atom. The van der Waals surface area contributed by atoms with Gasteiger partial charge in [-0.15, -0.1) is 0 Å². The molecule has 0 fully saturated rings. The Labute approximate surface area is 123 Å². The van der Waals surface area contributed by atoms with Gasteiger partial charge in [0, 0.05) is 5.92 Å². The number of sulfonamides is 1. The van der Waals surface area contributed by atoms with Crippen molar-refractivity contribution in [2.45, 2.75) is 18.7 Å². The predicted octanol–water partition coefficient (Wildman–Crippen LogP) is 0.890. The van der Waals surface area contributed by atoms with Crippen molar-refractivity contribution in [1.29, 1.82) is 0 Å². The largest absolute Gasteiger partial charge is 0.481 e. The Hall–Kier alpha value is -1.93. The topological polar surface area (TPSA) is 113 Å². The number of anilines is 1. The van der Waals surface area contributed by atoms with Crippen LogP contribution in [0.15, 0.2) is 29.2 Å². The van der Waals surface area contributed by atoms with E-state index in [1.54, 1.807) is 6.07 Å². The third kappa shape index (κ3) is 4.02. The van der Waals surface area contributed by atoms with Crippen LogP contribution in [0.25, 0.3) is 0 Å². The number of carboxylic acids is 1. The SMILES string of the molecule is CNS(=O)(=O)c1ccccc1NC(=O)C(C)C(C)C(=O)O. The molecule has 0 spiro atoms. The molecule has 0 aliphatic rings. The van der Waals surface area contributed by atoms with Crippen LogP contribution in [0, 0.1) is 11.8 Å². The summed E-state index contributed by atoms with van der Waals surface area (Å²) >= 11 is 0. The molecule has 1 aromatic carbocycles. The summed E-state index contributed by atoms with van der Waals surface area (Å²) in [6.45, 7) is 2.89. The quantitative estimate of drug-likeness (QED) is 0.722. The summed E-state index contributed by atoms with van der Waals surface area (Å²) in [7, 11) is -2.45. The Bertz CT molecular complexity index is 642. The average molecular weight is 314 g/mol. The van der Waals surface area contributed by atoms with Crippen LogP contribution in [0.2, 0.25) is 0 Å². The van der Waals surface area contributed by atoms with E-state index in [4.69, 9.17) is 5.11 Å². The molecule has 21 heavy (non-hydrogen) atoms. The van der Waals surface area contributed by atoms with Gasteiger partial charge in [-0.05, 0) is 19.2 Å². The number of hydrogen-bond acceptors (Lipinski definition) is 4. The number of benzene rings is 1. The van der Waals surface area contributed by atoms with E-state index >= 15 is 0 Å². The lowest BCUT2D eigenvalue weighted by Gasteiger charge is -2.17. The number of amides is 1. The molecule has 0 heterocycles. The summed E-state index contributed by atoms with van der Waals surface area (Å²) in [6, 6.07) is 5.91. The molecule has 116 valence electrons. The summed E-state index contributed by atoms with van der Waals surface area (Å²) in [5.74, 6) is -3.32. The summed E-state index contributed by atoms with van der Waals surface area (Å²) in [6.07, 6.45) is 0. The molecule has 1 aromatic rings. The molecule has 0 radical (unpaired) electrons. The van der Waals surface area contributed by atoms with Crippen molar-refractivity contribution in [2.75, 3.05) is 12.4 Å². The van der Waals surface area contributed by atoms with Gasteiger partial charge in [0.15, 0.2) is 0 Å².